The fourth-order valence-corrected chi connectivity index (χ4v) is 3.06. The van der Waals surface area contributed by atoms with Crippen LogP contribution in [0.4, 0.5) is 16.4 Å². The molecule has 8 heteroatoms. The number of carbonyl (C=O) groups is 2. The van der Waals surface area contributed by atoms with Gasteiger partial charge in [-0.3, -0.25) is 0 Å². The molecule has 0 radical (unpaired) electrons. The third kappa shape index (κ3) is 5.01. The Bertz CT molecular complexity index is 937. The summed E-state index contributed by atoms with van der Waals surface area (Å²) in [5, 5.41) is 3.15. The van der Waals surface area contributed by atoms with Crippen molar-refractivity contribution in [1.82, 2.24) is 14.9 Å². The van der Waals surface area contributed by atoms with Crippen LogP contribution in [0.3, 0.4) is 0 Å². The van der Waals surface area contributed by atoms with Gasteiger partial charge in [-0.25, -0.2) is 19.6 Å². The molecule has 0 saturated carbocycles. The number of methoxy groups -OCH3 is 1. The number of carbonyl (C=O) groups excluding carboxylic acids is 2. The number of aromatic nitrogens is 2. The van der Waals surface area contributed by atoms with Gasteiger partial charge in [-0.1, -0.05) is 0 Å². The lowest BCUT2D eigenvalue weighted by Crippen LogP contribution is -2.40. The molecule has 0 bridgehead atoms. The quantitative estimate of drug-likeness (QED) is 0.789. The maximum absolute atomic E-state index is 12.4. The van der Waals surface area contributed by atoms with E-state index in [1.165, 1.54) is 7.11 Å². The van der Waals surface area contributed by atoms with Gasteiger partial charge in [0.2, 0.25) is 5.95 Å². The van der Waals surface area contributed by atoms with E-state index in [0.717, 1.165) is 22.5 Å². The summed E-state index contributed by atoms with van der Waals surface area (Å²) in [4.78, 5) is 34.7. The van der Waals surface area contributed by atoms with Gasteiger partial charge in [0, 0.05) is 18.4 Å². The first-order chi connectivity index (χ1) is 13.7. The summed E-state index contributed by atoms with van der Waals surface area (Å²) < 4.78 is 10.2. The fraction of sp³-hybridized carbons (Fsp3) is 0.429. The van der Waals surface area contributed by atoms with Gasteiger partial charge >= 0.3 is 12.1 Å². The number of rotatable bonds is 3. The number of hydrogen-bond acceptors (Lipinski definition) is 7. The Kier molecular flexibility index (Phi) is 5.72. The van der Waals surface area contributed by atoms with E-state index in [2.05, 4.69) is 15.3 Å². The normalized spacial score (nSPS) is 13.5. The second-order valence-electron chi connectivity index (χ2n) is 7.96. The van der Waals surface area contributed by atoms with Crippen LogP contribution in [0.5, 0.6) is 0 Å². The summed E-state index contributed by atoms with van der Waals surface area (Å²) in [5.41, 5.74) is 3.34. The minimum atomic E-state index is -0.538. The first-order valence-electron chi connectivity index (χ1n) is 9.45. The summed E-state index contributed by atoms with van der Waals surface area (Å²) in [6.07, 6.45) is 2.12. The molecule has 3 rings (SSSR count). The summed E-state index contributed by atoms with van der Waals surface area (Å²) >= 11 is 0. The van der Waals surface area contributed by atoms with Gasteiger partial charge in [-0.05, 0) is 63.4 Å². The van der Waals surface area contributed by atoms with E-state index in [1.54, 1.807) is 23.2 Å². The molecule has 0 fully saturated rings. The van der Waals surface area contributed by atoms with E-state index >= 15 is 0 Å². The molecular weight excluding hydrogens is 372 g/mol. The Morgan fingerprint density at radius 1 is 1.24 bits per heavy atom. The van der Waals surface area contributed by atoms with Crippen LogP contribution >= 0.6 is 0 Å². The number of ether oxygens (including phenoxy) is 2. The van der Waals surface area contributed by atoms with Crippen LogP contribution in [-0.4, -0.2) is 46.2 Å². The number of aryl methyl sites for hydroxylation is 1. The van der Waals surface area contributed by atoms with Gasteiger partial charge in [0.25, 0.3) is 0 Å². The maximum Gasteiger partial charge on any atom is 0.410 e. The van der Waals surface area contributed by atoms with Gasteiger partial charge in [0.1, 0.15) is 5.60 Å². The minimum Gasteiger partial charge on any atom is -0.465 e. The van der Waals surface area contributed by atoms with Crippen LogP contribution in [0, 0.1) is 6.92 Å². The summed E-state index contributed by atoms with van der Waals surface area (Å²) in [6, 6.07) is 5.31. The molecule has 1 N–H and O–H groups in total. The largest absolute Gasteiger partial charge is 0.465 e. The summed E-state index contributed by atoms with van der Waals surface area (Å²) in [5.74, 6) is 0.0568. The third-order valence-corrected chi connectivity index (χ3v) is 4.49. The smallest absolute Gasteiger partial charge is 0.410 e. The van der Waals surface area contributed by atoms with Crippen LogP contribution in [0.2, 0.25) is 0 Å². The number of esters is 1. The van der Waals surface area contributed by atoms with E-state index in [9.17, 15) is 9.59 Å². The lowest BCUT2D eigenvalue weighted by Gasteiger charge is -2.30. The molecule has 0 aliphatic carbocycles. The second-order valence-corrected chi connectivity index (χ2v) is 7.96. The fourth-order valence-electron chi connectivity index (χ4n) is 3.06. The molecule has 29 heavy (non-hydrogen) atoms. The number of anilines is 2. The topological polar surface area (TPSA) is 93.6 Å². The highest BCUT2D eigenvalue weighted by Gasteiger charge is 2.26. The molecule has 2 aromatic rings. The van der Waals surface area contributed by atoms with Crippen LogP contribution in [0.15, 0.2) is 24.4 Å². The van der Waals surface area contributed by atoms with Gasteiger partial charge in [-0.15, -0.1) is 0 Å². The Morgan fingerprint density at radius 2 is 2.00 bits per heavy atom. The lowest BCUT2D eigenvalue weighted by atomic mass is 10.1. The Morgan fingerprint density at radius 3 is 2.66 bits per heavy atom. The molecule has 1 aromatic carbocycles. The van der Waals surface area contributed by atoms with Gasteiger partial charge in [-0.2, -0.15) is 0 Å². The Balaban J connectivity index is 1.74. The highest BCUT2D eigenvalue weighted by molar-refractivity contribution is 5.91. The molecule has 0 atom stereocenters. The first-order valence-corrected chi connectivity index (χ1v) is 9.45. The van der Waals surface area contributed by atoms with E-state index in [4.69, 9.17) is 9.47 Å². The van der Waals surface area contributed by atoms with Crippen LogP contribution in [-0.2, 0) is 22.4 Å². The van der Waals surface area contributed by atoms with Gasteiger partial charge < -0.3 is 19.7 Å². The molecule has 154 valence electrons. The predicted molar refractivity (Wildman–Crippen MR) is 108 cm³/mol. The maximum atomic E-state index is 12.4. The Labute approximate surface area is 170 Å². The SMILES string of the molecule is COC(=O)c1ccc(Nc2ncc3c(n2)CN(C(=O)OC(C)(C)C)CC3)cc1C. The van der Waals surface area contributed by atoms with Crippen molar-refractivity contribution in [2.24, 2.45) is 0 Å². The highest BCUT2D eigenvalue weighted by Crippen LogP contribution is 2.23. The Hall–Kier alpha value is -3.16. The number of amides is 1. The average Bonchev–Trinajstić information content (AvgIpc) is 2.65. The molecule has 0 spiro atoms. The first kappa shape index (κ1) is 20.6. The molecule has 2 heterocycles. The number of hydrogen-bond donors (Lipinski definition) is 1. The van der Waals surface area contributed by atoms with Crippen molar-refractivity contribution in [3.63, 3.8) is 0 Å². The molecule has 1 aromatic heterocycles. The highest BCUT2D eigenvalue weighted by atomic mass is 16.6. The zero-order valence-corrected chi connectivity index (χ0v) is 17.4. The third-order valence-electron chi connectivity index (χ3n) is 4.49. The number of nitrogens with one attached hydrogen (secondary N) is 1. The van der Waals surface area contributed by atoms with Crippen molar-refractivity contribution in [2.75, 3.05) is 19.0 Å². The van der Waals surface area contributed by atoms with Crippen molar-refractivity contribution in [2.45, 2.75) is 46.3 Å². The second kappa shape index (κ2) is 8.06. The lowest BCUT2D eigenvalue weighted by molar-refractivity contribution is 0.0220. The summed E-state index contributed by atoms with van der Waals surface area (Å²) in [7, 11) is 1.36. The van der Waals surface area contributed by atoms with Gasteiger partial charge in [0.15, 0.2) is 0 Å². The molecular formula is C21H26N4O4. The zero-order chi connectivity index (χ0) is 21.2. The molecule has 0 saturated heterocycles. The van der Waals surface area contributed by atoms with Crippen molar-refractivity contribution >= 4 is 23.7 Å². The van der Waals surface area contributed by atoms with Crippen molar-refractivity contribution < 1.29 is 19.1 Å². The minimum absolute atomic E-state index is 0.342. The van der Waals surface area contributed by atoms with E-state index in [1.807, 2.05) is 33.8 Å². The average molecular weight is 398 g/mol. The number of benzene rings is 1. The number of fused-ring (bicyclic) bond motifs is 1. The summed E-state index contributed by atoms with van der Waals surface area (Å²) in [6.45, 7) is 8.33. The molecule has 0 unspecified atom stereocenters. The number of nitrogens with zero attached hydrogens (tertiary/aromatic N) is 3. The van der Waals surface area contributed by atoms with Crippen LogP contribution < -0.4 is 5.32 Å². The van der Waals surface area contributed by atoms with E-state index in [-0.39, 0.29) is 12.1 Å². The van der Waals surface area contributed by atoms with E-state index in [0.29, 0.717) is 31.0 Å². The predicted octanol–water partition coefficient (Wildman–Crippen LogP) is 3.61. The molecule has 1 aliphatic rings. The zero-order valence-electron chi connectivity index (χ0n) is 17.4. The van der Waals surface area contributed by atoms with Gasteiger partial charge in [0.05, 0.1) is 24.9 Å². The van der Waals surface area contributed by atoms with Crippen molar-refractivity contribution in [1.29, 1.82) is 0 Å². The monoisotopic (exact) mass is 398 g/mol. The van der Waals surface area contributed by atoms with Crippen molar-refractivity contribution in [3.05, 3.63) is 46.8 Å². The van der Waals surface area contributed by atoms with Crippen LogP contribution in [0.25, 0.3) is 0 Å². The molecule has 1 amide bonds. The van der Waals surface area contributed by atoms with Crippen LogP contribution in [0.1, 0.15) is 48.0 Å². The van der Waals surface area contributed by atoms with E-state index < -0.39 is 5.60 Å². The van der Waals surface area contributed by atoms with Crippen molar-refractivity contribution in [3.8, 4) is 0 Å². The molecule has 1 aliphatic heterocycles. The molecule has 8 nitrogen and oxygen atoms in total. The standard InChI is InChI=1S/C21H26N4O4/c1-13-10-15(6-7-16(13)18(26)28-5)23-19-22-11-14-8-9-25(12-17(14)24-19)20(27)29-21(2,3)4/h6-7,10-11H,8-9,12H2,1-5H3,(H,22,23,24).